The molecule has 1 nitrogen and oxygen atoms in total. The Bertz CT molecular complexity index is 220. The maximum absolute atomic E-state index is 3.10. The van der Waals surface area contributed by atoms with Crippen LogP contribution in [0.2, 0.25) is 0 Å². The molecule has 0 saturated carbocycles. The van der Waals surface area contributed by atoms with E-state index in [-0.39, 0.29) is 0 Å². The van der Waals surface area contributed by atoms with Crippen LogP contribution in [0.5, 0.6) is 0 Å². The highest BCUT2D eigenvalue weighted by Gasteiger charge is 1.76. The van der Waals surface area contributed by atoms with E-state index in [0.29, 0.717) is 0 Å². The Balaban J connectivity index is 3.42. The van der Waals surface area contributed by atoms with E-state index in [1.165, 1.54) is 38.5 Å². The SMILES string of the molecule is CCCC/C=C/C=C/N/C=C/C=C/CCCC. The molecule has 1 N–H and O–H groups in total. The van der Waals surface area contributed by atoms with E-state index in [1.54, 1.807) is 0 Å². The first kappa shape index (κ1) is 15.8. The van der Waals surface area contributed by atoms with Gasteiger partial charge in [-0.15, -0.1) is 0 Å². The first-order valence-electron chi connectivity index (χ1n) is 6.81. The summed E-state index contributed by atoms with van der Waals surface area (Å²) in [6.07, 6.45) is 24.0. The summed E-state index contributed by atoms with van der Waals surface area (Å²) in [7, 11) is 0. The fourth-order valence-electron chi connectivity index (χ4n) is 1.27. The zero-order chi connectivity index (χ0) is 12.6. The Hall–Kier alpha value is -1.24. The molecule has 0 rings (SSSR count). The molecular formula is C16H27N. The second-order valence-electron chi connectivity index (χ2n) is 4.03. The lowest BCUT2D eigenvalue weighted by Crippen LogP contribution is -1.89. The predicted molar refractivity (Wildman–Crippen MR) is 78.7 cm³/mol. The first-order valence-corrected chi connectivity index (χ1v) is 6.81. The van der Waals surface area contributed by atoms with Crippen molar-refractivity contribution in [3.8, 4) is 0 Å². The second kappa shape index (κ2) is 14.8. The molecule has 0 atom stereocenters. The van der Waals surface area contributed by atoms with Gasteiger partial charge in [0.2, 0.25) is 0 Å². The van der Waals surface area contributed by atoms with Crippen LogP contribution >= 0.6 is 0 Å². The van der Waals surface area contributed by atoms with Crippen molar-refractivity contribution in [3.63, 3.8) is 0 Å². The molecule has 0 aliphatic rings. The summed E-state index contributed by atoms with van der Waals surface area (Å²) in [5.74, 6) is 0. The summed E-state index contributed by atoms with van der Waals surface area (Å²) in [5, 5.41) is 3.10. The molecule has 0 spiro atoms. The Morgan fingerprint density at radius 3 is 1.59 bits per heavy atom. The van der Waals surface area contributed by atoms with E-state index in [4.69, 9.17) is 0 Å². The molecule has 0 aromatic rings. The molecular weight excluding hydrogens is 206 g/mol. The third-order valence-corrected chi connectivity index (χ3v) is 2.33. The van der Waals surface area contributed by atoms with Crippen LogP contribution in [0, 0.1) is 0 Å². The van der Waals surface area contributed by atoms with Crippen molar-refractivity contribution in [1.29, 1.82) is 0 Å². The van der Waals surface area contributed by atoms with Gasteiger partial charge < -0.3 is 5.32 Å². The topological polar surface area (TPSA) is 12.0 Å². The van der Waals surface area contributed by atoms with Crippen molar-refractivity contribution in [2.45, 2.75) is 52.4 Å². The molecule has 0 amide bonds. The minimum Gasteiger partial charge on any atom is -0.368 e. The third-order valence-electron chi connectivity index (χ3n) is 2.33. The van der Waals surface area contributed by atoms with Gasteiger partial charge in [0.25, 0.3) is 0 Å². The van der Waals surface area contributed by atoms with Gasteiger partial charge in [0, 0.05) is 12.4 Å². The fourth-order valence-corrected chi connectivity index (χ4v) is 1.27. The van der Waals surface area contributed by atoms with E-state index in [1.807, 2.05) is 24.6 Å². The average Bonchev–Trinajstić information content (AvgIpc) is 2.35. The molecule has 0 unspecified atom stereocenters. The van der Waals surface area contributed by atoms with Crippen LogP contribution < -0.4 is 5.32 Å². The summed E-state index contributed by atoms with van der Waals surface area (Å²) in [6, 6.07) is 0. The zero-order valence-corrected chi connectivity index (χ0v) is 11.4. The summed E-state index contributed by atoms with van der Waals surface area (Å²) in [6.45, 7) is 4.42. The summed E-state index contributed by atoms with van der Waals surface area (Å²) in [5.41, 5.74) is 0. The summed E-state index contributed by atoms with van der Waals surface area (Å²) in [4.78, 5) is 0. The minimum absolute atomic E-state index is 1.18. The molecule has 0 aromatic heterocycles. The molecule has 0 fully saturated rings. The molecule has 0 heterocycles. The van der Waals surface area contributed by atoms with Gasteiger partial charge in [0.15, 0.2) is 0 Å². The van der Waals surface area contributed by atoms with E-state index in [0.717, 1.165) is 0 Å². The molecule has 0 aromatic carbocycles. The largest absolute Gasteiger partial charge is 0.368 e. The first-order chi connectivity index (χ1) is 8.41. The number of allylic oxidation sites excluding steroid dienone is 6. The number of hydrogen-bond acceptors (Lipinski definition) is 1. The van der Waals surface area contributed by atoms with E-state index in [9.17, 15) is 0 Å². The third kappa shape index (κ3) is 14.8. The van der Waals surface area contributed by atoms with Crippen LogP contribution in [0.4, 0.5) is 0 Å². The Kier molecular flexibility index (Phi) is 13.7. The highest BCUT2D eigenvalue weighted by molar-refractivity contribution is 5.06. The molecule has 0 aliphatic heterocycles. The molecule has 0 bridgehead atoms. The predicted octanol–water partition coefficient (Wildman–Crippen LogP) is 5.10. The Morgan fingerprint density at radius 1 is 0.706 bits per heavy atom. The van der Waals surface area contributed by atoms with Gasteiger partial charge in [-0.3, -0.25) is 0 Å². The molecule has 0 saturated heterocycles. The van der Waals surface area contributed by atoms with E-state index in [2.05, 4.69) is 43.5 Å². The zero-order valence-electron chi connectivity index (χ0n) is 11.4. The normalized spacial score (nSPS) is 12.6. The minimum atomic E-state index is 1.18. The lowest BCUT2D eigenvalue weighted by Gasteiger charge is -1.88. The van der Waals surface area contributed by atoms with Gasteiger partial charge in [0.05, 0.1) is 0 Å². The van der Waals surface area contributed by atoms with Gasteiger partial charge >= 0.3 is 0 Å². The van der Waals surface area contributed by atoms with Crippen molar-refractivity contribution in [2.75, 3.05) is 0 Å². The van der Waals surface area contributed by atoms with Gasteiger partial charge in [-0.05, 0) is 25.0 Å². The molecule has 1 heteroatoms. The smallest absolute Gasteiger partial charge is 0.000431 e. The van der Waals surface area contributed by atoms with Gasteiger partial charge in [-0.1, -0.05) is 63.8 Å². The monoisotopic (exact) mass is 233 g/mol. The van der Waals surface area contributed by atoms with Gasteiger partial charge in [0.1, 0.15) is 0 Å². The van der Waals surface area contributed by atoms with Crippen LogP contribution in [-0.4, -0.2) is 0 Å². The van der Waals surface area contributed by atoms with Crippen LogP contribution in [0.15, 0.2) is 48.9 Å². The van der Waals surface area contributed by atoms with Gasteiger partial charge in [-0.2, -0.15) is 0 Å². The van der Waals surface area contributed by atoms with Crippen molar-refractivity contribution < 1.29 is 0 Å². The van der Waals surface area contributed by atoms with Crippen LogP contribution in [0.1, 0.15) is 52.4 Å². The summed E-state index contributed by atoms with van der Waals surface area (Å²) >= 11 is 0. The molecule has 0 radical (unpaired) electrons. The lowest BCUT2D eigenvalue weighted by atomic mass is 10.2. The Labute approximate surface area is 107 Å². The lowest BCUT2D eigenvalue weighted by molar-refractivity contribution is 0.815. The van der Waals surface area contributed by atoms with E-state index < -0.39 is 0 Å². The number of hydrogen-bond donors (Lipinski definition) is 1. The standard InChI is InChI=1S/C16H27N/c1-3-5-7-9-11-13-15-17-16-14-12-10-8-6-4-2/h9-17H,3-8H2,1-2H3/b11-9+,12-10+,15-13+,16-14+. The van der Waals surface area contributed by atoms with E-state index >= 15 is 0 Å². The molecule has 17 heavy (non-hydrogen) atoms. The average molecular weight is 233 g/mol. The van der Waals surface area contributed by atoms with Crippen LogP contribution in [0.3, 0.4) is 0 Å². The van der Waals surface area contributed by atoms with Crippen molar-refractivity contribution in [3.05, 3.63) is 48.9 Å². The highest BCUT2D eigenvalue weighted by atomic mass is 14.8. The summed E-state index contributed by atoms with van der Waals surface area (Å²) < 4.78 is 0. The van der Waals surface area contributed by atoms with Crippen molar-refractivity contribution in [2.24, 2.45) is 0 Å². The molecule has 0 aliphatic carbocycles. The number of unbranched alkanes of at least 4 members (excludes halogenated alkanes) is 4. The maximum atomic E-state index is 3.10. The second-order valence-corrected chi connectivity index (χ2v) is 4.03. The van der Waals surface area contributed by atoms with Crippen LogP contribution in [-0.2, 0) is 0 Å². The van der Waals surface area contributed by atoms with Crippen molar-refractivity contribution >= 4 is 0 Å². The Morgan fingerprint density at radius 2 is 1.18 bits per heavy atom. The maximum Gasteiger partial charge on any atom is 0.000431 e. The molecule has 96 valence electrons. The highest BCUT2D eigenvalue weighted by Crippen LogP contribution is 1.95. The number of rotatable bonds is 10. The van der Waals surface area contributed by atoms with Crippen molar-refractivity contribution in [1.82, 2.24) is 5.32 Å². The van der Waals surface area contributed by atoms with Crippen LogP contribution in [0.25, 0.3) is 0 Å². The fraction of sp³-hybridized carbons (Fsp3) is 0.500. The quantitative estimate of drug-likeness (QED) is 0.409. The number of nitrogens with one attached hydrogen (secondary N) is 1. The van der Waals surface area contributed by atoms with Gasteiger partial charge in [-0.25, -0.2) is 0 Å².